The van der Waals surface area contributed by atoms with Gasteiger partial charge in [0.05, 0.1) is 12.7 Å². The molecule has 192 valence electrons. The summed E-state index contributed by atoms with van der Waals surface area (Å²) in [6, 6.07) is 15.5. The topological polar surface area (TPSA) is 65.0 Å². The van der Waals surface area contributed by atoms with Gasteiger partial charge in [0.2, 0.25) is 0 Å². The van der Waals surface area contributed by atoms with Gasteiger partial charge in [0.1, 0.15) is 11.5 Å². The van der Waals surface area contributed by atoms with Crippen LogP contribution in [0.2, 0.25) is 5.02 Å². The van der Waals surface area contributed by atoms with Crippen LogP contribution in [-0.4, -0.2) is 18.1 Å². The first kappa shape index (κ1) is 26.8. The summed E-state index contributed by atoms with van der Waals surface area (Å²) in [5, 5.41) is 11.0. The Labute approximate surface area is 218 Å². The number of rotatable bonds is 7. The van der Waals surface area contributed by atoms with Gasteiger partial charge in [-0.05, 0) is 96.3 Å². The Morgan fingerprint density at radius 2 is 1.81 bits per heavy atom. The van der Waals surface area contributed by atoms with Gasteiger partial charge in [0, 0.05) is 11.4 Å². The van der Waals surface area contributed by atoms with Gasteiger partial charge < -0.3 is 14.4 Å². The van der Waals surface area contributed by atoms with Crippen LogP contribution in [0.5, 0.6) is 11.5 Å². The molecule has 3 aromatic rings. The Bertz CT molecular complexity index is 1280. The molecule has 0 unspecified atom stereocenters. The first-order valence-corrected chi connectivity index (χ1v) is 14.4. The third-order valence-electron chi connectivity index (χ3n) is 6.63. The number of hydrogen-bond acceptors (Lipinski definition) is 5. The number of ether oxygens (including phenoxy) is 1. The smallest absolute Gasteiger partial charge is 0.368 e. The van der Waals surface area contributed by atoms with Crippen LogP contribution in [0.3, 0.4) is 0 Å². The van der Waals surface area contributed by atoms with Crippen LogP contribution in [-0.2, 0) is 20.0 Å². The van der Waals surface area contributed by atoms with Crippen LogP contribution in [0.1, 0.15) is 71.2 Å². The van der Waals surface area contributed by atoms with Crippen LogP contribution in [0.4, 0.5) is 0 Å². The van der Waals surface area contributed by atoms with E-state index >= 15 is 0 Å². The number of benzene rings is 3. The lowest BCUT2D eigenvalue weighted by Crippen LogP contribution is -2.17. The van der Waals surface area contributed by atoms with Gasteiger partial charge in [-0.25, -0.2) is 0 Å². The fourth-order valence-electron chi connectivity index (χ4n) is 4.68. The minimum absolute atomic E-state index is 0.156. The molecule has 1 N–H and O–H groups in total. The van der Waals surface area contributed by atoms with E-state index in [1.807, 2.05) is 43.3 Å². The van der Waals surface area contributed by atoms with E-state index in [1.165, 1.54) is 5.56 Å². The van der Waals surface area contributed by atoms with Gasteiger partial charge in [-0.1, -0.05) is 49.7 Å². The van der Waals surface area contributed by atoms with E-state index in [0.29, 0.717) is 29.5 Å². The fourth-order valence-corrected chi connectivity index (χ4v) is 6.38. The standard InChI is InChI=1S/C29H34ClO5P/c1-18(2)26-14-22(11-21(5)29(26)31)15-27-19(3)12-25(13-20(27)4)33-17-36(32)34-10-9-28(35-36)23-7-6-8-24(30)16-23/h6-8,11-14,16,18,28,31H,9-10,15,17H2,1-5H3/t28-,36+/m0/s1. The highest BCUT2D eigenvalue weighted by Gasteiger charge is 2.35. The number of aromatic hydroxyl groups is 1. The van der Waals surface area contributed by atoms with Crippen molar-refractivity contribution in [1.82, 2.24) is 0 Å². The van der Waals surface area contributed by atoms with Crippen molar-refractivity contribution in [2.45, 2.75) is 59.5 Å². The maximum Gasteiger partial charge on any atom is 0.368 e. The van der Waals surface area contributed by atoms with Crippen molar-refractivity contribution in [2.24, 2.45) is 0 Å². The molecule has 7 heteroatoms. The van der Waals surface area contributed by atoms with Crippen LogP contribution in [0.15, 0.2) is 48.5 Å². The summed E-state index contributed by atoms with van der Waals surface area (Å²) in [4.78, 5) is 0. The zero-order valence-corrected chi connectivity index (χ0v) is 23.2. The Balaban J connectivity index is 1.47. The van der Waals surface area contributed by atoms with E-state index in [2.05, 4.69) is 33.8 Å². The van der Waals surface area contributed by atoms with E-state index in [0.717, 1.165) is 39.8 Å². The predicted octanol–water partition coefficient (Wildman–Crippen LogP) is 8.39. The Morgan fingerprint density at radius 3 is 2.47 bits per heavy atom. The summed E-state index contributed by atoms with van der Waals surface area (Å²) in [6.07, 6.45) is 0.858. The van der Waals surface area contributed by atoms with E-state index in [1.54, 1.807) is 6.07 Å². The van der Waals surface area contributed by atoms with Gasteiger partial charge in [-0.15, -0.1) is 0 Å². The SMILES string of the molecule is Cc1cc(Cc2c(C)cc(OC[P@@]3(=O)OCC[C@@H](c4cccc(Cl)c4)O3)cc2C)cc(C(C)C)c1O. The summed E-state index contributed by atoms with van der Waals surface area (Å²) in [6.45, 7) is 10.6. The zero-order valence-electron chi connectivity index (χ0n) is 21.5. The number of aryl methyl sites for hydroxylation is 3. The van der Waals surface area contributed by atoms with E-state index < -0.39 is 7.60 Å². The van der Waals surface area contributed by atoms with Crippen LogP contribution in [0.25, 0.3) is 0 Å². The van der Waals surface area contributed by atoms with Gasteiger partial charge >= 0.3 is 7.60 Å². The van der Waals surface area contributed by atoms with Crippen molar-refractivity contribution >= 4 is 19.2 Å². The molecule has 1 heterocycles. The van der Waals surface area contributed by atoms with Crippen molar-refractivity contribution < 1.29 is 23.5 Å². The van der Waals surface area contributed by atoms with Gasteiger partial charge in [0.15, 0.2) is 6.35 Å². The molecule has 0 spiro atoms. The third kappa shape index (κ3) is 6.15. The first-order chi connectivity index (χ1) is 17.0. The molecule has 2 atom stereocenters. The molecule has 0 saturated carbocycles. The molecule has 1 aliphatic rings. The second kappa shape index (κ2) is 11.0. The average Bonchev–Trinajstić information content (AvgIpc) is 2.82. The Morgan fingerprint density at radius 1 is 1.08 bits per heavy atom. The summed E-state index contributed by atoms with van der Waals surface area (Å²) >= 11 is 6.11. The highest BCUT2D eigenvalue weighted by molar-refractivity contribution is 7.53. The summed E-state index contributed by atoms with van der Waals surface area (Å²) in [5.41, 5.74) is 7.28. The highest BCUT2D eigenvalue weighted by atomic mass is 35.5. The highest BCUT2D eigenvalue weighted by Crippen LogP contribution is 2.56. The van der Waals surface area contributed by atoms with Crippen molar-refractivity contribution in [3.8, 4) is 11.5 Å². The van der Waals surface area contributed by atoms with Crippen molar-refractivity contribution in [3.05, 3.63) is 92.5 Å². The van der Waals surface area contributed by atoms with E-state index in [9.17, 15) is 9.67 Å². The molecular weight excluding hydrogens is 495 g/mol. The maximum absolute atomic E-state index is 13.3. The Kier molecular flexibility index (Phi) is 8.16. The number of halogens is 1. The maximum atomic E-state index is 13.3. The van der Waals surface area contributed by atoms with Gasteiger partial charge in [0.25, 0.3) is 0 Å². The summed E-state index contributed by atoms with van der Waals surface area (Å²) < 4.78 is 30.6. The van der Waals surface area contributed by atoms with Crippen molar-refractivity contribution in [1.29, 1.82) is 0 Å². The lowest BCUT2D eigenvalue weighted by Gasteiger charge is -2.30. The Hall–Kier alpha value is -2.30. The normalized spacial score (nSPS) is 20.0. The molecule has 5 nitrogen and oxygen atoms in total. The van der Waals surface area contributed by atoms with Crippen LogP contribution < -0.4 is 4.74 Å². The molecule has 0 radical (unpaired) electrons. The molecule has 4 rings (SSSR count). The molecule has 3 aromatic carbocycles. The predicted molar refractivity (Wildman–Crippen MR) is 145 cm³/mol. The molecule has 1 fully saturated rings. The zero-order chi connectivity index (χ0) is 26.0. The minimum atomic E-state index is -3.43. The van der Waals surface area contributed by atoms with Crippen molar-refractivity contribution in [3.63, 3.8) is 0 Å². The fraction of sp³-hybridized carbons (Fsp3) is 0.379. The quantitative estimate of drug-likeness (QED) is 0.312. The molecule has 0 aliphatic carbocycles. The molecule has 1 saturated heterocycles. The molecule has 0 aromatic heterocycles. The van der Waals surface area contributed by atoms with Crippen molar-refractivity contribution in [2.75, 3.05) is 13.0 Å². The molecule has 0 bridgehead atoms. The van der Waals surface area contributed by atoms with E-state index in [4.69, 9.17) is 25.4 Å². The minimum Gasteiger partial charge on any atom is -0.507 e. The second-order valence-corrected chi connectivity index (χ2v) is 12.3. The molecule has 36 heavy (non-hydrogen) atoms. The van der Waals surface area contributed by atoms with Crippen LogP contribution in [0, 0.1) is 20.8 Å². The third-order valence-corrected chi connectivity index (χ3v) is 8.46. The summed E-state index contributed by atoms with van der Waals surface area (Å²) in [7, 11) is -3.43. The average molecular weight is 529 g/mol. The van der Waals surface area contributed by atoms with Gasteiger partial charge in [-0.2, -0.15) is 0 Å². The lowest BCUT2D eigenvalue weighted by atomic mass is 9.91. The largest absolute Gasteiger partial charge is 0.507 e. The molecule has 1 aliphatic heterocycles. The molecular formula is C29H34ClO5P. The lowest BCUT2D eigenvalue weighted by molar-refractivity contribution is 0.0725. The number of hydrogen-bond donors (Lipinski definition) is 1. The second-order valence-electron chi connectivity index (χ2n) is 9.87. The number of phenols is 1. The van der Waals surface area contributed by atoms with Crippen LogP contribution >= 0.6 is 19.2 Å². The summed E-state index contributed by atoms with van der Waals surface area (Å²) in [5.74, 6) is 1.25. The monoisotopic (exact) mass is 528 g/mol. The van der Waals surface area contributed by atoms with E-state index in [-0.39, 0.29) is 18.4 Å². The number of phenolic OH excluding ortho intramolecular Hbond substituents is 1. The molecule has 0 amide bonds. The first-order valence-electron chi connectivity index (χ1n) is 12.3. The van der Waals surface area contributed by atoms with Gasteiger partial charge in [-0.3, -0.25) is 9.09 Å².